The molecule has 2 nitrogen and oxygen atoms in total. The van der Waals surface area contributed by atoms with E-state index in [-0.39, 0.29) is 5.54 Å². The van der Waals surface area contributed by atoms with Gasteiger partial charge in [-0.25, -0.2) is 0 Å². The first-order valence-electron chi connectivity index (χ1n) is 5.81. The molecule has 0 saturated carbocycles. The van der Waals surface area contributed by atoms with Gasteiger partial charge >= 0.3 is 0 Å². The van der Waals surface area contributed by atoms with Gasteiger partial charge in [0.1, 0.15) is 0 Å². The smallest absolute Gasteiger partial charge is 0.0233 e. The highest BCUT2D eigenvalue weighted by Gasteiger charge is 2.25. The molecule has 0 unspecified atom stereocenters. The molecule has 2 N–H and O–H groups in total. The van der Waals surface area contributed by atoms with Gasteiger partial charge in [0.25, 0.3) is 0 Å². The standard InChI is InChI=1S/C13H19BrN2/c1-13(15)6-8-16(9-7-13)10-11-2-4-12(14)5-3-11/h2-5H,6-10,15H2,1H3. The van der Waals surface area contributed by atoms with E-state index in [1.54, 1.807) is 0 Å². The lowest BCUT2D eigenvalue weighted by atomic mass is 9.91. The third-order valence-electron chi connectivity index (χ3n) is 3.32. The van der Waals surface area contributed by atoms with Gasteiger partial charge in [-0.2, -0.15) is 0 Å². The van der Waals surface area contributed by atoms with Crippen LogP contribution in [0.1, 0.15) is 25.3 Å². The highest BCUT2D eigenvalue weighted by atomic mass is 79.9. The second-order valence-electron chi connectivity index (χ2n) is 5.06. The van der Waals surface area contributed by atoms with Gasteiger partial charge in [-0.3, -0.25) is 4.90 Å². The van der Waals surface area contributed by atoms with Crippen molar-refractivity contribution in [2.75, 3.05) is 13.1 Å². The monoisotopic (exact) mass is 282 g/mol. The first kappa shape index (κ1) is 12.1. The Kier molecular flexibility index (Phi) is 3.67. The lowest BCUT2D eigenvalue weighted by Crippen LogP contribution is -2.47. The van der Waals surface area contributed by atoms with Crippen molar-refractivity contribution in [1.29, 1.82) is 0 Å². The molecule has 1 aromatic rings. The van der Waals surface area contributed by atoms with Crippen molar-refractivity contribution in [3.8, 4) is 0 Å². The molecule has 88 valence electrons. The summed E-state index contributed by atoms with van der Waals surface area (Å²) < 4.78 is 1.14. The van der Waals surface area contributed by atoms with Crippen LogP contribution in [0.5, 0.6) is 0 Å². The Labute approximate surface area is 106 Å². The van der Waals surface area contributed by atoms with Crippen molar-refractivity contribution < 1.29 is 0 Å². The van der Waals surface area contributed by atoms with Crippen LogP contribution in [-0.4, -0.2) is 23.5 Å². The summed E-state index contributed by atoms with van der Waals surface area (Å²) in [5, 5.41) is 0. The van der Waals surface area contributed by atoms with Gasteiger partial charge in [-0.05, 0) is 37.5 Å². The van der Waals surface area contributed by atoms with E-state index in [0.717, 1.165) is 36.9 Å². The Morgan fingerprint density at radius 1 is 1.25 bits per heavy atom. The molecule has 1 aromatic carbocycles. The third-order valence-corrected chi connectivity index (χ3v) is 3.85. The molecule has 1 heterocycles. The van der Waals surface area contributed by atoms with Crippen LogP contribution in [0.3, 0.4) is 0 Å². The summed E-state index contributed by atoms with van der Waals surface area (Å²) in [7, 11) is 0. The second kappa shape index (κ2) is 4.86. The van der Waals surface area contributed by atoms with Crippen molar-refractivity contribution in [3.05, 3.63) is 34.3 Å². The molecule has 1 fully saturated rings. The van der Waals surface area contributed by atoms with Crippen LogP contribution in [-0.2, 0) is 6.54 Å². The zero-order chi connectivity index (χ0) is 11.6. The predicted molar refractivity (Wildman–Crippen MR) is 71.2 cm³/mol. The minimum Gasteiger partial charge on any atom is -0.325 e. The van der Waals surface area contributed by atoms with E-state index in [1.807, 2.05) is 0 Å². The molecule has 1 saturated heterocycles. The summed E-state index contributed by atoms with van der Waals surface area (Å²) in [6.45, 7) is 5.43. The number of nitrogens with zero attached hydrogens (tertiary/aromatic N) is 1. The van der Waals surface area contributed by atoms with Crippen molar-refractivity contribution in [1.82, 2.24) is 4.90 Å². The SMILES string of the molecule is CC1(N)CCN(Cc2ccc(Br)cc2)CC1. The van der Waals surface area contributed by atoms with Gasteiger partial charge < -0.3 is 5.73 Å². The number of piperidine rings is 1. The van der Waals surface area contributed by atoms with E-state index in [9.17, 15) is 0 Å². The number of rotatable bonds is 2. The van der Waals surface area contributed by atoms with Crippen LogP contribution in [0.15, 0.2) is 28.7 Å². The molecule has 16 heavy (non-hydrogen) atoms. The molecule has 1 aliphatic heterocycles. The second-order valence-corrected chi connectivity index (χ2v) is 5.97. The van der Waals surface area contributed by atoms with Crippen LogP contribution in [0.25, 0.3) is 0 Å². The number of hydrogen-bond acceptors (Lipinski definition) is 2. The van der Waals surface area contributed by atoms with Crippen LogP contribution in [0, 0.1) is 0 Å². The van der Waals surface area contributed by atoms with Crippen LogP contribution >= 0.6 is 15.9 Å². The summed E-state index contributed by atoms with van der Waals surface area (Å²) in [6.07, 6.45) is 2.20. The molecular weight excluding hydrogens is 264 g/mol. The Hall–Kier alpha value is -0.380. The zero-order valence-corrected chi connectivity index (χ0v) is 11.3. The zero-order valence-electron chi connectivity index (χ0n) is 9.75. The Bertz CT molecular complexity index is 335. The summed E-state index contributed by atoms with van der Waals surface area (Å²) in [4.78, 5) is 2.48. The van der Waals surface area contributed by atoms with E-state index in [4.69, 9.17) is 5.73 Å². The highest BCUT2D eigenvalue weighted by molar-refractivity contribution is 9.10. The van der Waals surface area contributed by atoms with Crippen molar-refractivity contribution in [2.45, 2.75) is 31.8 Å². The predicted octanol–water partition coefficient (Wildman–Crippen LogP) is 2.76. The molecule has 0 atom stereocenters. The number of likely N-dealkylation sites (tertiary alicyclic amines) is 1. The molecule has 3 heteroatoms. The fourth-order valence-corrected chi connectivity index (χ4v) is 2.33. The largest absolute Gasteiger partial charge is 0.325 e. The maximum Gasteiger partial charge on any atom is 0.0233 e. The molecule has 0 bridgehead atoms. The average Bonchev–Trinajstić information content (AvgIpc) is 2.24. The summed E-state index contributed by atoms with van der Waals surface area (Å²) in [6, 6.07) is 8.57. The summed E-state index contributed by atoms with van der Waals surface area (Å²) in [5.41, 5.74) is 7.55. The van der Waals surface area contributed by atoms with Gasteiger partial charge in [-0.1, -0.05) is 28.1 Å². The minimum atomic E-state index is 0.0518. The van der Waals surface area contributed by atoms with Gasteiger partial charge in [0.05, 0.1) is 0 Å². The Balaban J connectivity index is 1.89. The maximum atomic E-state index is 6.12. The topological polar surface area (TPSA) is 29.3 Å². The number of hydrogen-bond donors (Lipinski definition) is 1. The van der Waals surface area contributed by atoms with Gasteiger partial charge in [0.15, 0.2) is 0 Å². The summed E-state index contributed by atoms with van der Waals surface area (Å²) in [5.74, 6) is 0. The fourth-order valence-electron chi connectivity index (χ4n) is 2.07. The quantitative estimate of drug-likeness (QED) is 0.904. The first-order valence-corrected chi connectivity index (χ1v) is 6.60. The van der Waals surface area contributed by atoms with Gasteiger partial charge in [0, 0.05) is 29.6 Å². The van der Waals surface area contributed by atoms with E-state index in [2.05, 4.69) is 52.0 Å². The van der Waals surface area contributed by atoms with Crippen LogP contribution < -0.4 is 5.73 Å². The fraction of sp³-hybridized carbons (Fsp3) is 0.538. The first-order chi connectivity index (χ1) is 7.55. The molecule has 0 aliphatic carbocycles. The molecule has 0 amide bonds. The molecule has 0 radical (unpaired) electrons. The molecular formula is C13H19BrN2. The van der Waals surface area contributed by atoms with Gasteiger partial charge in [-0.15, -0.1) is 0 Å². The number of benzene rings is 1. The van der Waals surface area contributed by atoms with Crippen molar-refractivity contribution >= 4 is 15.9 Å². The summed E-state index contributed by atoms with van der Waals surface area (Å²) >= 11 is 3.46. The Morgan fingerprint density at radius 3 is 2.38 bits per heavy atom. The highest BCUT2D eigenvalue weighted by Crippen LogP contribution is 2.20. The number of nitrogens with two attached hydrogens (primary N) is 1. The van der Waals surface area contributed by atoms with Gasteiger partial charge in [0.2, 0.25) is 0 Å². The molecule has 0 aromatic heterocycles. The van der Waals surface area contributed by atoms with Crippen molar-refractivity contribution in [2.24, 2.45) is 5.73 Å². The Morgan fingerprint density at radius 2 is 1.81 bits per heavy atom. The third kappa shape index (κ3) is 3.30. The van der Waals surface area contributed by atoms with Crippen LogP contribution in [0.2, 0.25) is 0 Å². The van der Waals surface area contributed by atoms with Crippen LogP contribution in [0.4, 0.5) is 0 Å². The normalized spacial score (nSPS) is 20.9. The molecule has 0 spiro atoms. The minimum absolute atomic E-state index is 0.0518. The maximum absolute atomic E-state index is 6.12. The van der Waals surface area contributed by atoms with E-state index >= 15 is 0 Å². The lowest BCUT2D eigenvalue weighted by molar-refractivity contribution is 0.165. The average molecular weight is 283 g/mol. The lowest BCUT2D eigenvalue weighted by Gasteiger charge is -2.36. The molecule has 1 aliphatic rings. The number of halogens is 1. The molecule has 2 rings (SSSR count). The van der Waals surface area contributed by atoms with E-state index in [0.29, 0.717) is 0 Å². The van der Waals surface area contributed by atoms with E-state index < -0.39 is 0 Å². The van der Waals surface area contributed by atoms with E-state index in [1.165, 1.54) is 5.56 Å². The van der Waals surface area contributed by atoms with Crippen molar-refractivity contribution in [3.63, 3.8) is 0 Å².